The highest BCUT2D eigenvalue weighted by molar-refractivity contribution is 5.84. The average molecular weight is 170 g/mol. The van der Waals surface area contributed by atoms with E-state index in [0.717, 1.165) is 0 Å². The molecule has 0 amide bonds. The van der Waals surface area contributed by atoms with Crippen molar-refractivity contribution in [1.82, 2.24) is 0 Å². The number of ether oxygens (including phenoxy) is 1. The summed E-state index contributed by atoms with van der Waals surface area (Å²) in [6.45, 7) is 5.23. The molecular weight excluding hydrogens is 156 g/mol. The number of esters is 1. The van der Waals surface area contributed by atoms with Crippen LogP contribution in [0, 0.1) is 5.92 Å². The molecule has 1 rings (SSSR count). The zero-order valence-corrected chi connectivity index (χ0v) is 7.72. The van der Waals surface area contributed by atoms with Gasteiger partial charge in [0.2, 0.25) is 0 Å². The van der Waals surface area contributed by atoms with Gasteiger partial charge in [0.1, 0.15) is 11.4 Å². The van der Waals surface area contributed by atoms with E-state index in [2.05, 4.69) is 0 Å². The molecule has 3 nitrogen and oxygen atoms in total. The van der Waals surface area contributed by atoms with Gasteiger partial charge in [0.25, 0.3) is 0 Å². The Morgan fingerprint density at radius 1 is 1.67 bits per heavy atom. The fourth-order valence-corrected chi connectivity index (χ4v) is 1.58. The first-order valence-electron chi connectivity index (χ1n) is 4.13. The second-order valence-corrected chi connectivity index (χ2v) is 3.99. The van der Waals surface area contributed by atoms with Crippen LogP contribution in [0.25, 0.3) is 0 Å². The van der Waals surface area contributed by atoms with Gasteiger partial charge in [-0.15, -0.1) is 0 Å². The first-order valence-corrected chi connectivity index (χ1v) is 4.13. The number of hydrogen-bond donors (Lipinski definition) is 0. The Kier molecular flexibility index (Phi) is 2.22. The lowest BCUT2D eigenvalue weighted by Gasteiger charge is -2.14. The zero-order valence-electron chi connectivity index (χ0n) is 7.72. The Balaban J connectivity index is 2.58. The Morgan fingerprint density at radius 2 is 2.25 bits per heavy atom. The van der Waals surface area contributed by atoms with Gasteiger partial charge in [0.15, 0.2) is 0 Å². The highest BCUT2D eigenvalue weighted by Gasteiger charge is 2.40. The fraction of sp³-hybridized carbons (Fsp3) is 0.778. The molecule has 1 saturated heterocycles. The van der Waals surface area contributed by atoms with Crippen LogP contribution in [0.3, 0.4) is 0 Å². The number of Topliss-reactive ketones (excluding diaryl/α,β-unsaturated/α-hetero) is 1. The van der Waals surface area contributed by atoms with Crippen LogP contribution in [0.1, 0.15) is 33.6 Å². The summed E-state index contributed by atoms with van der Waals surface area (Å²) in [7, 11) is 0. The molecule has 0 radical (unpaired) electrons. The van der Waals surface area contributed by atoms with Gasteiger partial charge in [-0.3, -0.25) is 4.79 Å². The van der Waals surface area contributed by atoms with Crippen molar-refractivity contribution < 1.29 is 14.3 Å². The SMILES string of the molecule is CC(=O)CC1CC(C)(C)OC1=O. The predicted molar refractivity (Wildman–Crippen MR) is 43.6 cm³/mol. The van der Waals surface area contributed by atoms with Gasteiger partial charge >= 0.3 is 5.97 Å². The number of carbonyl (C=O) groups is 2. The van der Waals surface area contributed by atoms with Crippen LogP contribution in [0.15, 0.2) is 0 Å². The van der Waals surface area contributed by atoms with Crippen molar-refractivity contribution in [3.05, 3.63) is 0 Å². The van der Waals surface area contributed by atoms with Crippen molar-refractivity contribution >= 4 is 11.8 Å². The quantitative estimate of drug-likeness (QED) is 0.587. The van der Waals surface area contributed by atoms with Gasteiger partial charge in [-0.2, -0.15) is 0 Å². The van der Waals surface area contributed by atoms with E-state index in [1.165, 1.54) is 6.92 Å². The molecule has 1 aliphatic rings. The van der Waals surface area contributed by atoms with Crippen molar-refractivity contribution in [2.24, 2.45) is 5.92 Å². The number of cyclic esters (lactones) is 1. The standard InChI is InChI=1S/C9H14O3/c1-6(10)4-7-5-9(2,3)12-8(7)11/h7H,4-5H2,1-3H3. The summed E-state index contributed by atoms with van der Waals surface area (Å²) in [6, 6.07) is 0. The molecule has 68 valence electrons. The molecule has 1 heterocycles. The second-order valence-electron chi connectivity index (χ2n) is 3.99. The van der Waals surface area contributed by atoms with Gasteiger partial charge in [-0.25, -0.2) is 0 Å². The summed E-state index contributed by atoms with van der Waals surface area (Å²) in [4.78, 5) is 21.9. The largest absolute Gasteiger partial charge is 0.459 e. The zero-order chi connectivity index (χ0) is 9.35. The topological polar surface area (TPSA) is 43.4 Å². The molecule has 0 bridgehead atoms. The Bertz CT molecular complexity index is 218. The molecule has 0 aromatic rings. The van der Waals surface area contributed by atoms with Crippen LogP contribution in [-0.4, -0.2) is 17.4 Å². The van der Waals surface area contributed by atoms with Crippen molar-refractivity contribution in [2.45, 2.75) is 39.2 Å². The summed E-state index contributed by atoms with van der Waals surface area (Å²) in [5.41, 5.74) is -0.378. The minimum atomic E-state index is -0.378. The van der Waals surface area contributed by atoms with Gasteiger partial charge in [0.05, 0.1) is 5.92 Å². The molecule has 1 unspecified atom stereocenters. The molecule has 0 aliphatic carbocycles. The molecule has 0 N–H and O–H groups in total. The van der Waals surface area contributed by atoms with E-state index in [1.54, 1.807) is 0 Å². The minimum absolute atomic E-state index is 0.0506. The van der Waals surface area contributed by atoms with Crippen molar-refractivity contribution in [3.63, 3.8) is 0 Å². The summed E-state index contributed by atoms with van der Waals surface area (Å²) in [5.74, 6) is -0.387. The number of carbonyl (C=O) groups excluding carboxylic acids is 2. The molecule has 1 aliphatic heterocycles. The van der Waals surface area contributed by atoms with Crippen molar-refractivity contribution in [2.75, 3.05) is 0 Å². The van der Waals surface area contributed by atoms with E-state index < -0.39 is 0 Å². The summed E-state index contributed by atoms with van der Waals surface area (Å²) in [5, 5.41) is 0. The molecule has 0 spiro atoms. The Hall–Kier alpha value is -0.860. The lowest BCUT2D eigenvalue weighted by molar-refractivity contribution is -0.149. The maximum atomic E-state index is 11.2. The maximum absolute atomic E-state index is 11.2. The fourth-order valence-electron chi connectivity index (χ4n) is 1.58. The lowest BCUT2D eigenvalue weighted by Crippen LogP contribution is -2.17. The molecule has 12 heavy (non-hydrogen) atoms. The van der Waals surface area contributed by atoms with Crippen LogP contribution < -0.4 is 0 Å². The van der Waals surface area contributed by atoms with E-state index in [0.29, 0.717) is 12.8 Å². The third-order valence-electron chi connectivity index (χ3n) is 1.98. The third-order valence-corrected chi connectivity index (χ3v) is 1.98. The average Bonchev–Trinajstić information content (AvgIpc) is 2.03. The van der Waals surface area contributed by atoms with Crippen molar-refractivity contribution in [3.8, 4) is 0 Å². The smallest absolute Gasteiger partial charge is 0.310 e. The van der Waals surface area contributed by atoms with E-state index >= 15 is 0 Å². The lowest BCUT2D eigenvalue weighted by atomic mass is 9.94. The predicted octanol–water partition coefficient (Wildman–Crippen LogP) is 1.31. The Labute approximate surface area is 72.1 Å². The second kappa shape index (κ2) is 2.88. The Morgan fingerprint density at radius 3 is 2.58 bits per heavy atom. The van der Waals surface area contributed by atoms with Crippen LogP contribution in [0.4, 0.5) is 0 Å². The molecule has 3 heteroatoms. The van der Waals surface area contributed by atoms with Crippen LogP contribution in [0.5, 0.6) is 0 Å². The molecule has 0 saturated carbocycles. The highest BCUT2D eigenvalue weighted by atomic mass is 16.6. The minimum Gasteiger partial charge on any atom is -0.459 e. The summed E-state index contributed by atoms with van der Waals surface area (Å²) < 4.78 is 5.07. The first-order chi connectivity index (χ1) is 5.41. The molecular formula is C9H14O3. The molecule has 1 atom stereocenters. The molecule has 0 aromatic heterocycles. The van der Waals surface area contributed by atoms with Gasteiger partial charge in [-0.1, -0.05) is 0 Å². The summed E-state index contributed by atoms with van der Waals surface area (Å²) in [6.07, 6.45) is 0.980. The number of ketones is 1. The van der Waals surface area contributed by atoms with Crippen LogP contribution in [-0.2, 0) is 14.3 Å². The van der Waals surface area contributed by atoms with Crippen LogP contribution in [0.2, 0.25) is 0 Å². The number of rotatable bonds is 2. The van der Waals surface area contributed by atoms with E-state index in [4.69, 9.17) is 4.74 Å². The third kappa shape index (κ3) is 2.06. The molecule has 1 fully saturated rings. The normalized spacial score (nSPS) is 26.9. The maximum Gasteiger partial charge on any atom is 0.310 e. The van der Waals surface area contributed by atoms with Gasteiger partial charge in [-0.05, 0) is 20.8 Å². The summed E-state index contributed by atoms with van der Waals surface area (Å²) >= 11 is 0. The van der Waals surface area contributed by atoms with Crippen LogP contribution >= 0.6 is 0 Å². The van der Waals surface area contributed by atoms with E-state index in [-0.39, 0.29) is 23.3 Å². The number of hydrogen-bond acceptors (Lipinski definition) is 3. The van der Waals surface area contributed by atoms with Crippen molar-refractivity contribution in [1.29, 1.82) is 0 Å². The molecule has 0 aromatic carbocycles. The van der Waals surface area contributed by atoms with E-state index in [1.807, 2.05) is 13.8 Å². The first kappa shape index (κ1) is 9.23. The monoisotopic (exact) mass is 170 g/mol. The van der Waals surface area contributed by atoms with E-state index in [9.17, 15) is 9.59 Å². The van der Waals surface area contributed by atoms with Gasteiger partial charge in [0, 0.05) is 12.8 Å². The van der Waals surface area contributed by atoms with Gasteiger partial charge < -0.3 is 9.53 Å². The highest BCUT2D eigenvalue weighted by Crippen LogP contribution is 2.32.